The first kappa shape index (κ1) is 19.3. The Morgan fingerprint density at radius 3 is 2.74 bits per heavy atom. The van der Waals surface area contributed by atoms with E-state index in [1.54, 1.807) is 7.11 Å². The Kier molecular flexibility index (Phi) is 6.40. The van der Waals surface area contributed by atoms with Crippen LogP contribution in [0.1, 0.15) is 36.5 Å². The molecule has 6 nitrogen and oxygen atoms in total. The van der Waals surface area contributed by atoms with Gasteiger partial charge in [-0.2, -0.15) is 0 Å². The molecular weight excluding hydrogens is 340 g/mol. The molecule has 1 aliphatic rings. The fourth-order valence-electron chi connectivity index (χ4n) is 3.23. The van der Waals surface area contributed by atoms with Gasteiger partial charge >= 0.3 is 0 Å². The SMILES string of the molecule is COc1ccc(CCNC(=O)CN2Cc3cnc(CC(C)C)nc3C2)cc1. The number of nitrogens with zero attached hydrogens (tertiary/aromatic N) is 3. The van der Waals surface area contributed by atoms with Gasteiger partial charge in [0.2, 0.25) is 5.91 Å². The summed E-state index contributed by atoms with van der Waals surface area (Å²) in [5, 5.41) is 3.00. The van der Waals surface area contributed by atoms with Gasteiger partial charge in [-0.1, -0.05) is 26.0 Å². The van der Waals surface area contributed by atoms with Crippen LogP contribution in [-0.2, 0) is 30.7 Å². The molecule has 2 heterocycles. The van der Waals surface area contributed by atoms with Gasteiger partial charge in [0.15, 0.2) is 0 Å². The Morgan fingerprint density at radius 2 is 2.04 bits per heavy atom. The van der Waals surface area contributed by atoms with Gasteiger partial charge in [-0.15, -0.1) is 0 Å². The van der Waals surface area contributed by atoms with Crippen molar-refractivity contribution in [3.8, 4) is 5.75 Å². The summed E-state index contributed by atoms with van der Waals surface area (Å²) in [5.74, 6) is 2.33. The van der Waals surface area contributed by atoms with E-state index in [1.165, 1.54) is 5.56 Å². The van der Waals surface area contributed by atoms with Gasteiger partial charge < -0.3 is 10.1 Å². The quantitative estimate of drug-likeness (QED) is 0.775. The highest BCUT2D eigenvalue weighted by Gasteiger charge is 2.23. The summed E-state index contributed by atoms with van der Waals surface area (Å²) < 4.78 is 5.15. The number of ether oxygens (including phenoxy) is 1. The third-order valence-corrected chi connectivity index (χ3v) is 4.62. The zero-order valence-electron chi connectivity index (χ0n) is 16.4. The second kappa shape index (κ2) is 8.95. The zero-order chi connectivity index (χ0) is 19.2. The van der Waals surface area contributed by atoms with Crippen molar-refractivity contribution in [1.29, 1.82) is 0 Å². The minimum absolute atomic E-state index is 0.0479. The molecule has 1 amide bonds. The van der Waals surface area contributed by atoms with E-state index in [2.05, 4.69) is 34.0 Å². The van der Waals surface area contributed by atoms with E-state index in [0.29, 0.717) is 19.0 Å². The Balaban J connectivity index is 1.43. The Labute approximate surface area is 161 Å². The number of amides is 1. The number of hydrogen-bond donors (Lipinski definition) is 1. The number of aromatic nitrogens is 2. The summed E-state index contributed by atoms with van der Waals surface area (Å²) in [6, 6.07) is 7.92. The summed E-state index contributed by atoms with van der Waals surface area (Å²) in [5.41, 5.74) is 3.37. The maximum atomic E-state index is 12.2. The molecule has 1 aromatic carbocycles. The zero-order valence-corrected chi connectivity index (χ0v) is 16.4. The fourth-order valence-corrected chi connectivity index (χ4v) is 3.23. The Morgan fingerprint density at radius 1 is 1.26 bits per heavy atom. The summed E-state index contributed by atoms with van der Waals surface area (Å²) in [6.45, 7) is 6.80. The highest BCUT2D eigenvalue weighted by Crippen LogP contribution is 2.20. The van der Waals surface area contributed by atoms with Crippen molar-refractivity contribution >= 4 is 5.91 Å². The molecule has 144 valence electrons. The molecule has 0 fully saturated rings. The lowest BCUT2D eigenvalue weighted by Gasteiger charge is -2.14. The van der Waals surface area contributed by atoms with Crippen LogP contribution < -0.4 is 10.1 Å². The molecule has 3 rings (SSSR count). The average Bonchev–Trinajstić information content (AvgIpc) is 3.03. The lowest BCUT2D eigenvalue weighted by Crippen LogP contribution is -2.35. The number of nitrogens with one attached hydrogen (secondary N) is 1. The van der Waals surface area contributed by atoms with E-state index >= 15 is 0 Å². The summed E-state index contributed by atoms with van der Waals surface area (Å²) in [7, 11) is 1.66. The van der Waals surface area contributed by atoms with Gasteiger partial charge in [-0.3, -0.25) is 9.69 Å². The molecule has 0 atom stereocenters. The first-order chi connectivity index (χ1) is 13.0. The monoisotopic (exact) mass is 368 g/mol. The fraction of sp³-hybridized carbons (Fsp3) is 0.476. The van der Waals surface area contributed by atoms with E-state index in [1.807, 2.05) is 30.5 Å². The smallest absolute Gasteiger partial charge is 0.234 e. The summed E-state index contributed by atoms with van der Waals surface area (Å²) >= 11 is 0. The van der Waals surface area contributed by atoms with Gasteiger partial charge in [0.1, 0.15) is 11.6 Å². The standard InChI is InChI=1S/C21H28N4O2/c1-15(2)10-20-23-11-17-12-25(13-19(17)24-20)14-21(26)22-9-8-16-4-6-18(27-3)7-5-16/h4-7,11,15H,8-10,12-14H2,1-3H3,(H,22,26). The highest BCUT2D eigenvalue weighted by atomic mass is 16.5. The Bertz CT molecular complexity index is 774. The topological polar surface area (TPSA) is 67.3 Å². The van der Waals surface area contributed by atoms with Crippen molar-refractivity contribution in [2.75, 3.05) is 20.2 Å². The number of methoxy groups -OCH3 is 1. The first-order valence-corrected chi connectivity index (χ1v) is 9.49. The summed E-state index contributed by atoms with van der Waals surface area (Å²) in [4.78, 5) is 23.5. The van der Waals surface area contributed by atoms with E-state index in [0.717, 1.165) is 48.8 Å². The van der Waals surface area contributed by atoms with Gasteiger partial charge in [0.05, 0.1) is 19.3 Å². The number of rotatable bonds is 8. The summed E-state index contributed by atoms with van der Waals surface area (Å²) in [6.07, 6.45) is 3.61. The molecule has 0 radical (unpaired) electrons. The van der Waals surface area contributed by atoms with Crippen LogP contribution in [0.5, 0.6) is 5.75 Å². The molecule has 2 aromatic rings. The molecule has 0 bridgehead atoms. The van der Waals surface area contributed by atoms with Crippen LogP contribution in [0.15, 0.2) is 30.5 Å². The first-order valence-electron chi connectivity index (χ1n) is 9.49. The molecule has 0 aliphatic carbocycles. The van der Waals surface area contributed by atoms with Crippen LogP contribution >= 0.6 is 0 Å². The number of hydrogen-bond acceptors (Lipinski definition) is 5. The number of benzene rings is 1. The maximum absolute atomic E-state index is 12.2. The van der Waals surface area contributed by atoms with Gasteiger partial charge in [0, 0.05) is 37.8 Å². The molecule has 27 heavy (non-hydrogen) atoms. The van der Waals surface area contributed by atoms with Gasteiger partial charge in [0.25, 0.3) is 0 Å². The third kappa shape index (κ3) is 5.50. The minimum atomic E-state index is 0.0479. The molecule has 0 saturated carbocycles. The lowest BCUT2D eigenvalue weighted by atomic mass is 10.1. The van der Waals surface area contributed by atoms with Crippen molar-refractivity contribution in [2.24, 2.45) is 5.92 Å². The van der Waals surface area contributed by atoms with Crippen LogP contribution in [0, 0.1) is 5.92 Å². The number of fused-ring (bicyclic) bond motifs is 1. The van der Waals surface area contributed by atoms with Crippen LogP contribution in [0.25, 0.3) is 0 Å². The van der Waals surface area contributed by atoms with Crippen LogP contribution in [-0.4, -0.2) is 41.0 Å². The Hall–Kier alpha value is -2.47. The molecule has 0 spiro atoms. The normalized spacial score (nSPS) is 13.6. The number of carbonyl (C=O) groups excluding carboxylic acids is 1. The van der Waals surface area contributed by atoms with Gasteiger partial charge in [-0.25, -0.2) is 9.97 Å². The van der Waals surface area contributed by atoms with Gasteiger partial charge in [-0.05, 0) is 30.0 Å². The molecule has 1 aromatic heterocycles. The van der Waals surface area contributed by atoms with Crippen molar-refractivity contribution in [3.05, 3.63) is 53.1 Å². The lowest BCUT2D eigenvalue weighted by molar-refractivity contribution is -0.122. The predicted octanol–water partition coefficient (Wildman–Crippen LogP) is 2.36. The molecule has 0 saturated heterocycles. The molecule has 6 heteroatoms. The highest BCUT2D eigenvalue weighted by molar-refractivity contribution is 5.78. The molecule has 0 unspecified atom stereocenters. The largest absolute Gasteiger partial charge is 0.497 e. The van der Waals surface area contributed by atoms with Crippen molar-refractivity contribution in [1.82, 2.24) is 20.2 Å². The average molecular weight is 368 g/mol. The van der Waals surface area contributed by atoms with Crippen molar-refractivity contribution in [2.45, 2.75) is 39.8 Å². The number of carbonyl (C=O) groups is 1. The van der Waals surface area contributed by atoms with E-state index < -0.39 is 0 Å². The van der Waals surface area contributed by atoms with Crippen LogP contribution in [0.2, 0.25) is 0 Å². The second-order valence-electron chi connectivity index (χ2n) is 7.45. The van der Waals surface area contributed by atoms with Crippen molar-refractivity contribution < 1.29 is 9.53 Å². The molecule has 1 aliphatic heterocycles. The molecule has 1 N–H and O–H groups in total. The van der Waals surface area contributed by atoms with E-state index in [4.69, 9.17) is 4.74 Å². The van der Waals surface area contributed by atoms with Crippen LogP contribution in [0.4, 0.5) is 0 Å². The second-order valence-corrected chi connectivity index (χ2v) is 7.45. The maximum Gasteiger partial charge on any atom is 0.234 e. The minimum Gasteiger partial charge on any atom is -0.497 e. The van der Waals surface area contributed by atoms with E-state index in [9.17, 15) is 4.79 Å². The molecular formula is C21H28N4O2. The van der Waals surface area contributed by atoms with E-state index in [-0.39, 0.29) is 5.91 Å². The predicted molar refractivity (Wildman–Crippen MR) is 104 cm³/mol. The van der Waals surface area contributed by atoms with Crippen LogP contribution in [0.3, 0.4) is 0 Å². The third-order valence-electron chi connectivity index (χ3n) is 4.62. The van der Waals surface area contributed by atoms with Crippen molar-refractivity contribution in [3.63, 3.8) is 0 Å².